The molecule has 158 valence electrons. The van der Waals surface area contributed by atoms with Crippen LogP contribution in [0.4, 0.5) is 17.3 Å². The van der Waals surface area contributed by atoms with Gasteiger partial charge in [-0.05, 0) is 60.4 Å². The summed E-state index contributed by atoms with van der Waals surface area (Å²) in [5, 5.41) is 13.8. The zero-order valence-electron chi connectivity index (χ0n) is 17.2. The van der Waals surface area contributed by atoms with Crippen molar-refractivity contribution >= 4 is 29.1 Å². The van der Waals surface area contributed by atoms with Gasteiger partial charge < -0.3 is 20.2 Å². The van der Waals surface area contributed by atoms with E-state index >= 15 is 0 Å². The molecule has 0 aliphatic carbocycles. The second kappa shape index (κ2) is 8.48. The van der Waals surface area contributed by atoms with Crippen LogP contribution in [0.15, 0.2) is 36.4 Å². The van der Waals surface area contributed by atoms with Crippen LogP contribution in [0.2, 0.25) is 0 Å². The van der Waals surface area contributed by atoms with Crippen molar-refractivity contribution in [2.75, 3.05) is 16.8 Å². The number of fused-ring (bicyclic) bond motifs is 1. The minimum atomic E-state index is -1.23. The van der Waals surface area contributed by atoms with E-state index in [9.17, 15) is 19.7 Å². The second-order valence-corrected chi connectivity index (χ2v) is 7.60. The number of amides is 2. The molecule has 2 aromatic rings. The minimum absolute atomic E-state index is 0.0430. The van der Waals surface area contributed by atoms with E-state index < -0.39 is 28.2 Å². The zero-order valence-corrected chi connectivity index (χ0v) is 17.2. The summed E-state index contributed by atoms with van der Waals surface area (Å²) in [5.41, 5.74) is 0.560. The van der Waals surface area contributed by atoms with E-state index in [1.807, 2.05) is 24.3 Å². The second-order valence-electron chi connectivity index (χ2n) is 7.60. The first-order valence-corrected chi connectivity index (χ1v) is 9.76. The molecule has 2 amide bonds. The van der Waals surface area contributed by atoms with Crippen molar-refractivity contribution < 1.29 is 19.2 Å². The molecule has 9 heteroatoms. The van der Waals surface area contributed by atoms with Gasteiger partial charge in [0.25, 0.3) is 11.7 Å². The molecule has 30 heavy (non-hydrogen) atoms. The Kier molecular flexibility index (Phi) is 6.00. The summed E-state index contributed by atoms with van der Waals surface area (Å²) in [5.74, 6) is -1.22. The Bertz CT molecular complexity index is 972. The molecule has 0 unspecified atom stereocenters. The molecule has 2 heterocycles. The summed E-state index contributed by atoms with van der Waals surface area (Å²) in [4.78, 5) is 40.9. The first-order chi connectivity index (χ1) is 14.2. The van der Waals surface area contributed by atoms with Crippen molar-refractivity contribution in [2.24, 2.45) is 0 Å². The normalized spacial score (nSPS) is 14.6. The number of carbonyl (C=O) groups excluding carboxylic acids is 2. The Hall–Kier alpha value is -3.49. The fourth-order valence-electron chi connectivity index (χ4n) is 3.17. The summed E-state index contributed by atoms with van der Waals surface area (Å²) in [6, 6.07) is 10.1. The van der Waals surface area contributed by atoms with Crippen LogP contribution in [0, 0.1) is 10.1 Å². The molecule has 0 radical (unpaired) electrons. The lowest BCUT2D eigenvalue weighted by atomic mass is 10.1. The molecular formula is C21H24N4O5. The Morgan fingerprint density at radius 3 is 2.57 bits per heavy atom. The highest BCUT2D eigenvalue weighted by Gasteiger charge is 2.45. The van der Waals surface area contributed by atoms with Crippen LogP contribution in [0.3, 0.4) is 0 Å². The molecule has 1 aromatic heterocycles. The van der Waals surface area contributed by atoms with Crippen molar-refractivity contribution in [1.82, 2.24) is 4.98 Å². The molecule has 0 atom stereocenters. The highest BCUT2D eigenvalue weighted by molar-refractivity contribution is 6.07. The number of unbranched alkanes of at least 4 members (excludes halogenated alkanes) is 1. The largest absolute Gasteiger partial charge is 0.472 e. The molecule has 9 nitrogen and oxygen atoms in total. The van der Waals surface area contributed by atoms with Gasteiger partial charge in [0.15, 0.2) is 11.4 Å². The van der Waals surface area contributed by atoms with E-state index in [2.05, 4.69) is 17.2 Å². The van der Waals surface area contributed by atoms with Gasteiger partial charge in [-0.3, -0.25) is 14.5 Å². The number of nitrogens with one attached hydrogen (secondary N) is 1. The van der Waals surface area contributed by atoms with Crippen LogP contribution in [-0.2, 0) is 16.0 Å². The lowest BCUT2D eigenvalue weighted by Crippen LogP contribution is -2.54. The number of anilines is 2. The van der Waals surface area contributed by atoms with Crippen LogP contribution < -0.4 is 15.0 Å². The number of rotatable bonds is 7. The third-order valence-corrected chi connectivity index (χ3v) is 4.75. The van der Waals surface area contributed by atoms with Crippen molar-refractivity contribution in [1.29, 1.82) is 0 Å². The van der Waals surface area contributed by atoms with Gasteiger partial charge in [-0.1, -0.05) is 25.5 Å². The standard InChI is InChI=1S/C21H24N4O5/c1-4-5-6-14-7-9-15(10-8-14)22-18(26)13-24-19-16(30-21(2,3)20(24)27)11-12-17(23-19)25(28)29/h7-12H,4-6,13H2,1-3H3,(H,22,26). The molecule has 1 aliphatic heterocycles. The lowest BCUT2D eigenvalue weighted by Gasteiger charge is -2.35. The number of hydrogen-bond donors (Lipinski definition) is 1. The molecule has 1 aromatic carbocycles. The van der Waals surface area contributed by atoms with Crippen LogP contribution in [0.25, 0.3) is 0 Å². The molecule has 1 aliphatic rings. The smallest absolute Gasteiger partial charge is 0.366 e. The Morgan fingerprint density at radius 2 is 1.93 bits per heavy atom. The van der Waals surface area contributed by atoms with Crippen molar-refractivity contribution in [3.63, 3.8) is 0 Å². The number of hydrogen-bond acceptors (Lipinski definition) is 6. The summed E-state index contributed by atoms with van der Waals surface area (Å²) < 4.78 is 5.63. The van der Waals surface area contributed by atoms with Crippen molar-refractivity contribution in [2.45, 2.75) is 45.6 Å². The van der Waals surface area contributed by atoms with Gasteiger partial charge in [0.2, 0.25) is 5.91 Å². The first kappa shape index (κ1) is 21.2. The maximum Gasteiger partial charge on any atom is 0.366 e. The lowest BCUT2D eigenvalue weighted by molar-refractivity contribution is -0.389. The van der Waals surface area contributed by atoms with Crippen LogP contribution in [-0.4, -0.2) is 33.9 Å². The fraction of sp³-hybridized carbons (Fsp3) is 0.381. The number of nitro groups is 1. The quantitative estimate of drug-likeness (QED) is 0.550. The van der Waals surface area contributed by atoms with Gasteiger partial charge in [0.1, 0.15) is 6.54 Å². The van der Waals surface area contributed by atoms with E-state index in [1.54, 1.807) is 13.8 Å². The van der Waals surface area contributed by atoms with E-state index in [0.29, 0.717) is 5.69 Å². The molecule has 0 spiro atoms. The molecular weight excluding hydrogens is 388 g/mol. The van der Waals surface area contributed by atoms with E-state index in [4.69, 9.17) is 4.74 Å². The number of aryl methyl sites for hydroxylation is 1. The monoisotopic (exact) mass is 412 g/mol. The third-order valence-electron chi connectivity index (χ3n) is 4.75. The molecule has 1 N–H and O–H groups in total. The fourth-order valence-corrected chi connectivity index (χ4v) is 3.17. The highest BCUT2D eigenvalue weighted by atomic mass is 16.6. The minimum Gasteiger partial charge on any atom is -0.472 e. The number of benzene rings is 1. The van der Waals surface area contributed by atoms with E-state index in [-0.39, 0.29) is 18.1 Å². The number of aromatic nitrogens is 1. The summed E-state index contributed by atoms with van der Waals surface area (Å²) in [6.07, 6.45) is 3.18. The SMILES string of the molecule is CCCCc1ccc(NC(=O)CN2C(=O)C(C)(C)Oc3ccc([N+](=O)[O-])nc32)cc1. The molecule has 0 saturated carbocycles. The summed E-state index contributed by atoms with van der Waals surface area (Å²) in [6.45, 7) is 4.92. The van der Waals surface area contributed by atoms with Gasteiger partial charge in [-0.25, -0.2) is 0 Å². The van der Waals surface area contributed by atoms with Gasteiger partial charge in [0, 0.05) is 11.8 Å². The van der Waals surface area contributed by atoms with Crippen LogP contribution in [0.5, 0.6) is 5.75 Å². The van der Waals surface area contributed by atoms with Crippen LogP contribution in [0.1, 0.15) is 39.2 Å². The predicted molar refractivity (Wildman–Crippen MR) is 112 cm³/mol. The maximum atomic E-state index is 12.8. The van der Waals surface area contributed by atoms with E-state index in [1.165, 1.54) is 17.7 Å². The maximum absolute atomic E-state index is 12.8. The first-order valence-electron chi connectivity index (χ1n) is 9.76. The Labute approximate surface area is 174 Å². The van der Waals surface area contributed by atoms with Crippen LogP contribution >= 0.6 is 0 Å². The zero-order chi connectivity index (χ0) is 21.9. The van der Waals surface area contributed by atoms with Crippen molar-refractivity contribution in [3.05, 3.63) is 52.1 Å². The number of carbonyl (C=O) groups is 2. The van der Waals surface area contributed by atoms with Gasteiger partial charge in [0.05, 0.1) is 0 Å². The average molecular weight is 412 g/mol. The highest BCUT2D eigenvalue weighted by Crippen LogP contribution is 2.37. The number of ether oxygens (including phenoxy) is 1. The van der Waals surface area contributed by atoms with Gasteiger partial charge in [-0.2, -0.15) is 0 Å². The van der Waals surface area contributed by atoms with Crippen molar-refractivity contribution in [3.8, 4) is 5.75 Å². The Balaban J connectivity index is 1.79. The third kappa shape index (κ3) is 4.56. The Morgan fingerprint density at radius 1 is 1.23 bits per heavy atom. The predicted octanol–water partition coefficient (Wildman–Crippen LogP) is 3.48. The molecule has 0 bridgehead atoms. The van der Waals surface area contributed by atoms with Gasteiger partial charge >= 0.3 is 5.82 Å². The van der Waals surface area contributed by atoms with E-state index in [0.717, 1.165) is 24.2 Å². The summed E-state index contributed by atoms with van der Waals surface area (Å²) >= 11 is 0. The molecule has 0 saturated heterocycles. The molecule has 3 rings (SSSR count). The summed E-state index contributed by atoms with van der Waals surface area (Å²) in [7, 11) is 0. The van der Waals surface area contributed by atoms with Gasteiger partial charge in [-0.15, -0.1) is 0 Å². The topological polar surface area (TPSA) is 115 Å². The number of pyridine rings is 1. The average Bonchev–Trinajstić information content (AvgIpc) is 2.70. The molecule has 0 fully saturated rings. The number of nitrogens with zero attached hydrogens (tertiary/aromatic N) is 3.